The summed E-state index contributed by atoms with van der Waals surface area (Å²) in [7, 11) is 2.07. The maximum atomic E-state index is 13.0. The van der Waals surface area contributed by atoms with Gasteiger partial charge in [-0.2, -0.15) is 0 Å². The number of benzene rings is 2. The SMILES string of the molecule is C=C1CCC(N2C(=O)C=C(Nc3cccc(C(C)N(C)CCc4ccc(C)c(Cl)c4)c3)C2=O)C(=O)N1. The molecule has 0 aliphatic carbocycles. The van der Waals surface area contributed by atoms with Gasteiger partial charge in [0, 0.05) is 35.1 Å². The summed E-state index contributed by atoms with van der Waals surface area (Å²) < 4.78 is 0. The molecule has 0 saturated carbocycles. The summed E-state index contributed by atoms with van der Waals surface area (Å²) in [6, 6.07) is 13.2. The summed E-state index contributed by atoms with van der Waals surface area (Å²) in [5.41, 5.74) is 4.79. The fourth-order valence-corrected chi connectivity index (χ4v) is 4.66. The maximum Gasteiger partial charge on any atom is 0.278 e. The third-order valence-electron chi connectivity index (χ3n) is 6.89. The summed E-state index contributed by atoms with van der Waals surface area (Å²) in [6.45, 7) is 8.72. The van der Waals surface area contributed by atoms with Crippen LogP contribution >= 0.6 is 11.6 Å². The molecule has 2 aromatic carbocycles. The molecule has 0 spiro atoms. The highest BCUT2D eigenvalue weighted by molar-refractivity contribution is 6.31. The minimum atomic E-state index is -0.825. The van der Waals surface area contributed by atoms with Crippen molar-refractivity contribution in [1.82, 2.24) is 15.1 Å². The molecule has 2 N–H and O–H groups in total. The molecule has 2 aromatic rings. The molecule has 2 aliphatic heterocycles. The maximum absolute atomic E-state index is 13.0. The molecule has 7 nitrogen and oxygen atoms in total. The smallest absolute Gasteiger partial charge is 0.278 e. The number of amides is 3. The van der Waals surface area contributed by atoms with Gasteiger partial charge >= 0.3 is 0 Å². The number of hydrogen-bond donors (Lipinski definition) is 2. The number of allylic oxidation sites excluding steroid dienone is 1. The minimum absolute atomic E-state index is 0.123. The van der Waals surface area contributed by atoms with Crippen molar-refractivity contribution in [1.29, 1.82) is 0 Å². The van der Waals surface area contributed by atoms with Crippen LogP contribution in [0.25, 0.3) is 0 Å². The van der Waals surface area contributed by atoms with Crippen molar-refractivity contribution in [2.24, 2.45) is 0 Å². The normalized spacial score (nSPS) is 19.0. The molecule has 2 unspecified atom stereocenters. The molecule has 3 amide bonds. The van der Waals surface area contributed by atoms with Crippen LogP contribution in [0.5, 0.6) is 0 Å². The van der Waals surface area contributed by atoms with Crippen molar-refractivity contribution >= 4 is 35.0 Å². The monoisotopic (exact) mass is 506 g/mol. The van der Waals surface area contributed by atoms with Crippen LogP contribution in [-0.2, 0) is 20.8 Å². The number of rotatable bonds is 8. The predicted molar refractivity (Wildman–Crippen MR) is 141 cm³/mol. The number of nitrogens with zero attached hydrogens (tertiary/aromatic N) is 2. The van der Waals surface area contributed by atoms with Gasteiger partial charge in [0.2, 0.25) is 5.91 Å². The number of aryl methyl sites for hydroxylation is 1. The van der Waals surface area contributed by atoms with Crippen LogP contribution in [0.2, 0.25) is 5.02 Å². The molecule has 36 heavy (non-hydrogen) atoms. The van der Waals surface area contributed by atoms with Crippen LogP contribution in [0.15, 0.2) is 66.5 Å². The number of carbonyl (C=O) groups excluding carboxylic acids is 3. The van der Waals surface area contributed by atoms with Gasteiger partial charge in [0.15, 0.2) is 0 Å². The molecule has 1 saturated heterocycles. The molecule has 2 heterocycles. The quantitative estimate of drug-likeness (QED) is 0.520. The highest BCUT2D eigenvalue weighted by atomic mass is 35.5. The molecule has 188 valence electrons. The van der Waals surface area contributed by atoms with Gasteiger partial charge in [0.25, 0.3) is 11.8 Å². The van der Waals surface area contributed by atoms with E-state index in [0.29, 0.717) is 24.2 Å². The molecule has 2 aliphatic rings. The van der Waals surface area contributed by atoms with E-state index in [1.54, 1.807) is 0 Å². The van der Waals surface area contributed by atoms with Gasteiger partial charge in [-0.25, -0.2) is 0 Å². The van der Waals surface area contributed by atoms with Gasteiger partial charge in [-0.05, 0) is 75.0 Å². The van der Waals surface area contributed by atoms with E-state index in [0.717, 1.165) is 34.0 Å². The Morgan fingerprint density at radius 2 is 2.00 bits per heavy atom. The first kappa shape index (κ1) is 25.7. The van der Waals surface area contributed by atoms with Crippen molar-refractivity contribution in [3.8, 4) is 0 Å². The zero-order chi connectivity index (χ0) is 26.0. The number of imide groups is 1. The van der Waals surface area contributed by atoms with Crippen molar-refractivity contribution in [3.05, 3.63) is 88.2 Å². The largest absolute Gasteiger partial charge is 0.351 e. The average molecular weight is 507 g/mol. The summed E-state index contributed by atoms with van der Waals surface area (Å²) in [5.74, 6) is -1.37. The Kier molecular flexibility index (Phi) is 7.62. The summed E-state index contributed by atoms with van der Waals surface area (Å²) in [5, 5.41) is 6.50. The molecule has 0 bridgehead atoms. The van der Waals surface area contributed by atoms with Crippen LogP contribution in [0, 0.1) is 6.92 Å². The zero-order valence-corrected chi connectivity index (χ0v) is 21.6. The third-order valence-corrected chi connectivity index (χ3v) is 7.29. The summed E-state index contributed by atoms with van der Waals surface area (Å²) >= 11 is 6.26. The topological polar surface area (TPSA) is 81.8 Å². The Balaban J connectivity index is 1.39. The van der Waals surface area contributed by atoms with E-state index < -0.39 is 17.9 Å². The minimum Gasteiger partial charge on any atom is -0.351 e. The molecule has 8 heteroatoms. The molecular formula is C28H31ClN4O3. The number of halogens is 1. The van der Waals surface area contributed by atoms with E-state index in [1.807, 2.05) is 43.3 Å². The van der Waals surface area contributed by atoms with Crippen LogP contribution in [0.4, 0.5) is 5.69 Å². The Labute approximate surface area is 216 Å². The van der Waals surface area contributed by atoms with Crippen LogP contribution in [0.1, 0.15) is 42.5 Å². The fourth-order valence-electron chi connectivity index (χ4n) is 4.45. The Hall–Kier alpha value is -3.42. The lowest BCUT2D eigenvalue weighted by Crippen LogP contribution is -2.52. The number of hydrogen-bond acceptors (Lipinski definition) is 5. The summed E-state index contributed by atoms with van der Waals surface area (Å²) in [4.78, 5) is 41.2. The van der Waals surface area contributed by atoms with Gasteiger partial charge in [-0.1, -0.05) is 42.4 Å². The summed E-state index contributed by atoms with van der Waals surface area (Å²) in [6.07, 6.45) is 3.03. The first-order chi connectivity index (χ1) is 17.1. The molecule has 2 atom stereocenters. The van der Waals surface area contributed by atoms with Crippen molar-refractivity contribution < 1.29 is 14.4 Å². The Morgan fingerprint density at radius 1 is 1.22 bits per heavy atom. The predicted octanol–water partition coefficient (Wildman–Crippen LogP) is 4.34. The Bertz CT molecular complexity index is 1260. The van der Waals surface area contributed by atoms with Gasteiger partial charge in [-0.15, -0.1) is 0 Å². The lowest BCUT2D eigenvalue weighted by Gasteiger charge is -2.29. The first-order valence-electron chi connectivity index (χ1n) is 12.0. The van der Waals surface area contributed by atoms with Crippen LogP contribution in [0.3, 0.4) is 0 Å². The van der Waals surface area contributed by atoms with Gasteiger partial charge in [0.05, 0.1) is 0 Å². The number of anilines is 1. The molecule has 0 aromatic heterocycles. The standard InChI is InChI=1S/C28H31ClN4O3/c1-17-8-10-20(14-23(17)29)12-13-32(4)19(3)21-6-5-7-22(15-21)31-24-16-26(34)33(28(24)36)25-11-9-18(2)30-27(25)35/h5-8,10,14-16,19,25,31H,2,9,11-13H2,1,3-4H3,(H,30,35). The lowest BCUT2D eigenvalue weighted by atomic mass is 10.0. The van der Waals surface area contributed by atoms with E-state index >= 15 is 0 Å². The van der Waals surface area contributed by atoms with E-state index in [-0.39, 0.29) is 17.6 Å². The number of likely N-dealkylation sites (N-methyl/N-ethyl adjacent to an activating group) is 1. The van der Waals surface area contributed by atoms with Crippen molar-refractivity contribution in [3.63, 3.8) is 0 Å². The van der Waals surface area contributed by atoms with Crippen LogP contribution < -0.4 is 10.6 Å². The van der Waals surface area contributed by atoms with Crippen molar-refractivity contribution in [2.75, 3.05) is 18.9 Å². The second kappa shape index (κ2) is 10.7. The number of piperidine rings is 1. The molecule has 0 radical (unpaired) electrons. The van der Waals surface area contributed by atoms with E-state index in [2.05, 4.69) is 42.2 Å². The average Bonchev–Trinajstić information content (AvgIpc) is 3.12. The number of carbonyl (C=O) groups is 3. The molecule has 4 rings (SSSR count). The number of nitrogens with one attached hydrogen (secondary N) is 2. The van der Waals surface area contributed by atoms with E-state index in [1.165, 1.54) is 11.6 Å². The zero-order valence-electron chi connectivity index (χ0n) is 20.8. The van der Waals surface area contributed by atoms with Crippen molar-refractivity contribution in [2.45, 2.75) is 45.2 Å². The lowest BCUT2D eigenvalue weighted by molar-refractivity contribution is -0.146. The Morgan fingerprint density at radius 3 is 2.72 bits per heavy atom. The third kappa shape index (κ3) is 5.53. The first-order valence-corrected chi connectivity index (χ1v) is 12.4. The van der Waals surface area contributed by atoms with Gasteiger partial charge in [0.1, 0.15) is 11.7 Å². The molecule has 1 fully saturated rings. The second-order valence-electron chi connectivity index (χ2n) is 9.46. The molecular weight excluding hydrogens is 476 g/mol. The van der Waals surface area contributed by atoms with E-state index in [4.69, 9.17) is 11.6 Å². The van der Waals surface area contributed by atoms with E-state index in [9.17, 15) is 14.4 Å². The fraction of sp³-hybridized carbons (Fsp3) is 0.321. The highest BCUT2D eigenvalue weighted by Crippen LogP contribution is 2.27. The van der Waals surface area contributed by atoms with Gasteiger partial charge in [-0.3, -0.25) is 24.2 Å². The van der Waals surface area contributed by atoms with Crippen LogP contribution in [-0.4, -0.2) is 47.2 Å². The van der Waals surface area contributed by atoms with Gasteiger partial charge < -0.3 is 10.6 Å². The second-order valence-corrected chi connectivity index (χ2v) is 9.87. The highest BCUT2D eigenvalue weighted by Gasteiger charge is 2.41.